The van der Waals surface area contributed by atoms with Crippen LogP contribution in [0.4, 0.5) is 0 Å². The average molecular weight is 242 g/mol. The summed E-state index contributed by atoms with van der Waals surface area (Å²) in [5.41, 5.74) is -0.311. The van der Waals surface area contributed by atoms with E-state index >= 15 is 0 Å². The molecule has 0 saturated carbocycles. The van der Waals surface area contributed by atoms with Gasteiger partial charge in [0, 0.05) is 26.0 Å². The molecule has 0 aromatic carbocycles. The maximum atomic E-state index is 11.7. The van der Waals surface area contributed by atoms with E-state index in [1.54, 1.807) is 21.1 Å². The van der Waals surface area contributed by atoms with Gasteiger partial charge < -0.3 is 9.47 Å². The van der Waals surface area contributed by atoms with Crippen molar-refractivity contribution < 1.29 is 9.47 Å². The van der Waals surface area contributed by atoms with E-state index in [1.807, 2.05) is 6.92 Å². The lowest BCUT2D eigenvalue weighted by atomic mass is 10.2. The molecule has 1 N–H and O–H groups in total. The number of ether oxygens (including phenoxy) is 2. The summed E-state index contributed by atoms with van der Waals surface area (Å²) in [7, 11) is 3.13. The molecule has 0 bridgehead atoms. The number of aromatic amines is 1. The molecule has 0 amide bonds. The minimum Gasteiger partial charge on any atom is -0.382 e. The number of aromatic nitrogens is 2. The summed E-state index contributed by atoms with van der Waals surface area (Å²) in [5, 5.41) is 0. The summed E-state index contributed by atoms with van der Waals surface area (Å²) in [4.78, 5) is 25.2. The Morgan fingerprint density at radius 3 is 2.59 bits per heavy atom. The molecule has 0 aliphatic carbocycles. The van der Waals surface area contributed by atoms with Gasteiger partial charge in [0.25, 0.3) is 5.56 Å². The lowest BCUT2D eigenvalue weighted by Gasteiger charge is -2.23. The zero-order chi connectivity index (χ0) is 13.0. The molecular weight excluding hydrogens is 224 g/mol. The summed E-state index contributed by atoms with van der Waals surface area (Å²) in [6.07, 6.45) is 1.29. The second kappa shape index (κ2) is 5.79. The molecule has 2 atom stereocenters. The third-order valence-electron chi connectivity index (χ3n) is 2.76. The molecule has 0 saturated heterocycles. The molecule has 1 rings (SSSR count). The van der Waals surface area contributed by atoms with Crippen LogP contribution in [0.1, 0.15) is 18.5 Å². The molecule has 1 aromatic heterocycles. The van der Waals surface area contributed by atoms with Crippen LogP contribution in [0.15, 0.2) is 15.8 Å². The lowest BCUT2D eigenvalue weighted by molar-refractivity contribution is -0.000799. The summed E-state index contributed by atoms with van der Waals surface area (Å²) >= 11 is 0. The molecule has 1 unspecified atom stereocenters. The molecule has 6 nitrogen and oxygen atoms in total. The second-order valence-corrected chi connectivity index (χ2v) is 3.95. The first-order valence-corrected chi connectivity index (χ1v) is 5.35. The Bertz CT molecular complexity index is 477. The van der Waals surface area contributed by atoms with Gasteiger partial charge in [-0.1, -0.05) is 0 Å². The topological polar surface area (TPSA) is 73.3 Å². The fourth-order valence-electron chi connectivity index (χ4n) is 1.64. The van der Waals surface area contributed by atoms with Gasteiger partial charge >= 0.3 is 5.69 Å². The fourth-order valence-corrected chi connectivity index (χ4v) is 1.64. The van der Waals surface area contributed by atoms with Gasteiger partial charge in [-0.3, -0.25) is 14.3 Å². The van der Waals surface area contributed by atoms with Crippen LogP contribution in [0, 0.1) is 6.92 Å². The van der Waals surface area contributed by atoms with Crippen molar-refractivity contribution in [3.8, 4) is 0 Å². The molecule has 0 spiro atoms. The van der Waals surface area contributed by atoms with E-state index in [2.05, 4.69) is 4.98 Å². The highest BCUT2D eigenvalue weighted by atomic mass is 16.5. The summed E-state index contributed by atoms with van der Waals surface area (Å²) < 4.78 is 11.7. The minimum atomic E-state index is -0.439. The maximum Gasteiger partial charge on any atom is 0.328 e. The Balaban J connectivity index is 3.11. The molecule has 6 heteroatoms. The zero-order valence-corrected chi connectivity index (χ0v) is 10.5. The summed E-state index contributed by atoms with van der Waals surface area (Å²) in [6.45, 7) is 3.87. The number of H-pyrrole nitrogens is 1. The average Bonchev–Trinajstić information content (AvgIpc) is 2.30. The standard InChI is InChI=1S/C11H18N2O4/c1-7-5-13(11(15)12-10(7)14)8(2)9(17-4)6-16-3/h5,8-9H,6H2,1-4H3,(H,12,14,15)/t8?,9-/m1/s1. The Kier molecular flexibility index (Phi) is 4.65. The van der Waals surface area contributed by atoms with E-state index in [9.17, 15) is 9.59 Å². The molecular formula is C11H18N2O4. The summed E-state index contributed by atoms with van der Waals surface area (Å²) in [5.74, 6) is 0. The summed E-state index contributed by atoms with van der Waals surface area (Å²) in [6, 6.07) is -0.219. The van der Waals surface area contributed by atoms with Crippen molar-refractivity contribution in [1.29, 1.82) is 0 Å². The number of methoxy groups -OCH3 is 2. The molecule has 96 valence electrons. The van der Waals surface area contributed by atoms with Crippen LogP contribution in [-0.2, 0) is 9.47 Å². The number of nitrogens with zero attached hydrogens (tertiary/aromatic N) is 1. The van der Waals surface area contributed by atoms with Gasteiger partial charge in [0.05, 0.1) is 12.6 Å². The van der Waals surface area contributed by atoms with Crippen molar-refractivity contribution in [2.75, 3.05) is 20.8 Å². The van der Waals surface area contributed by atoms with Crippen LogP contribution < -0.4 is 11.2 Å². The predicted molar refractivity (Wildman–Crippen MR) is 63.4 cm³/mol. The first kappa shape index (κ1) is 13.7. The van der Waals surface area contributed by atoms with Gasteiger partial charge in [0.15, 0.2) is 0 Å². The highest BCUT2D eigenvalue weighted by Crippen LogP contribution is 2.11. The Morgan fingerprint density at radius 2 is 2.06 bits per heavy atom. The highest BCUT2D eigenvalue weighted by Gasteiger charge is 2.19. The lowest BCUT2D eigenvalue weighted by Crippen LogP contribution is -2.38. The van der Waals surface area contributed by atoms with E-state index in [4.69, 9.17) is 9.47 Å². The molecule has 1 aromatic rings. The van der Waals surface area contributed by atoms with Crippen molar-refractivity contribution in [2.24, 2.45) is 0 Å². The molecule has 1 heterocycles. The monoisotopic (exact) mass is 242 g/mol. The smallest absolute Gasteiger partial charge is 0.328 e. The van der Waals surface area contributed by atoms with E-state index in [0.29, 0.717) is 12.2 Å². The number of nitrogens with one attached hydrogen (secondary N) is 1. The first-order chi connectivity index (χ1) is 8.01. The van der Waals surface area contributed by atoms with Gasteiger partial charge in [-0.25, -0.2) is 4.79 Å². The van der Waals surface area contributed by atoms with Gasteiger partial charge in [0.1, 0.15) is 6.10 Å². The third kappa shape index (κ3) is 3.04. The van der Waals surface area contributed by atoms with E-state index in [-0.39, 0.29) is 17.7 Å². The van der Waals surface area contributed by atoms with Crippen LogP contribution >= 0.6 is 0 Å². The van der Waals surface area contributed by atoms with Gasteiger partial charge in [-0.2, -0.15) is 0 Å². The second-order valence-electron chi connectivity index (χ2n) is 3.95. The predicted octanol–water partition coefficient (Wildman–Crippen LogP) is 0.0674. The van der Waals surface area contributed by atoms with Gasteiger partial charge in [0.2, 0.25) is 0 Å². The Hall–Kier alpha value is -1.40. The largest absolute Gasteiger partial charge is 0.382 e. The quantitative estimate of drug-likeness (QED) is 0.793. The normalized spacial score (nSPS) is 14.6. The molecule has 0 radical (unpaired) electrons. The zero-order valence-electron chi connectivity index (χ0n) is 10.5. The first-order valence-electron chi connectivity index (χ1n) is 5.35. The highest BCUT2D eigenvalue weighted by molar-refractivity contribution is 5.02. The van der Waals surface area contributed by atoms with Crippen molar-refractivity contribution in [3.05, 3.63) is 32.6 Å². The molecule has 0 fully saturated rings. The van der Waals surface area contributed by atoms with Gasteiger partial charge in [-0.05, 0) is 13.8 Å². The van der Waals surface area contributed by atoms with Crippen molar-refractivity contribution >= 4 is 0 Å². The number of hydrogen-bond donors (Lipinski definition) is 1. The van der Waals surface area contributed by atoms with E-state index < -0.39 is 5.69 Å². The Labute approximate surface area is 99.2 Å². The number of rotatable bonds is 5. The van der Waals surface area contributed by atoms with Crippen molar-refractivity contribution in [3.63, 3.8) is 0 Å². The van der Waals surface area contributed by atoms with E-state index in [0.717, 1.165) is 0 Å². The molecule has 0 aliphatic rings. The van der Waals surface area contributed by atoms with Crippen LogP contribution in [0.25, 0.3) is 0 Å². The number of hydrogen-bond acceptors (Lipinski definition) is 4. The van der Waals surface area contributed by atoms with Crippen LogP contribution in [0.5, 0.6) is 0 Å². The van der Waals surface area contributed by atoms with Crippen LogP contribution in [0.2, 0.25) is 0 Å². The van der Waals surface area contributed by atoms with Crippen molar-refractivity contribution in [2.45, 2.75) is 26.0 Å². The van der Waals surface area contributed by atoms with Gasteiger partial charge in [-0.15, -0.1) is 0 Å². The minimum absolute atomic E-state index is 0.219. The molecule has 17 heavy (non-hydrogen) atoms. The molecule has 0 aliphatic heterocycles. The Morgan fingerprint density at radius 1 is 1.41 bits per heavy atom. The number of aryl methyl sites for hydroxylation is 1. The third-order valence-corrected chi connectivity index (χ3v) is 2.76. The van der Waals surface area contributed by atoms with E-state index in [1.165, 1.54) is 10.8 Å². The van der Waals surface area contributed by atoms with Crippen LogP contribution in [0.3, 0.4) is 0 Å². The maximum absolute atomic E-state index is 11.7. The SMILES string of the molecule is COC[C@@H](OC)C(C)n1cc(C)c(=O)[nH]c1=O. The van der Waals surface area contributed by atoms with Crippen LogP contribution in [-0.4, -0.2) is 36.5 Å². The fraction of sp³-hybridized carbons (Fsp3) is 0.636. The van der Waals surface area contributed by atoms with Crippen molar-refractivity contribution in [1.82, 2.24) is 9.55 Å².